The second-order valence-corrected chi connectivity index (χ2v) is 7.41. The number of fused-ring (bicyclic) bond motifs is 1. The van der Waals surface area contributed by atoms with Gasteiger partial charge in [-0.05, 0) is 56.3 Å². The lowest BCUT2D eigenvalue weighted by Gasteiger charge is -2.18. The van der Waals surface area contributed by atoms with Gasteiger partial charge in [0.2, 0.25) is 0 Å². The first kappa shape index (κ1) is 21.7. The maximum Gasteiger partial charge on any atom is 0.272 e. The zero-order valence-corrected chi connectivity index (χ0v) is 18.2. The van der Waals surface area contributed by atoms with Crippen molar-refractivity contribution in [3.8, 4) is 0 Å². The van der Waals surface area contributed by atoms with Gasteiger partial charge in [0.1, 0.15) is 5.69 Å². The number of hydrogen-bond donors (Lipinski definition) is 1. The summed E-state index contributed by atoms with van der Waals surface area (Å²) in [7, 11) is 0. The fourth-order valence-corrected chi connectivity index (χ4v) is 3.58. The molecule has 0 aliphatic heterocycles. The topological polar surface area (TPSA) is 67.2 Å². The first-order valence-electron chi connectivity index (χ1n) is 10.6. The number of carbonyl (C=O) groups excluding carboxylic acids is 1. The highest BCUT2D eigenvalue weighted by Gasteiger charge is 2.11. The van der Waals surface area contributed by atoms with Gasteiger partial charge in [-0.3, -0.25) is 14.5 Å². The van der Waals surface area contributed by atoms with Crippen LogP contribution in [-0.4, -0.2) is 33.4 Å². The molecule has 1 N–H and O–H groups in total. The van der Waals surface area contributed by atoms with E-state index < -0.39 is 0 Å². The van der Waals surface area contributed by atoms with Gasteiger partial charge in [0.25, 0.3) is 11.5 Å². The van der Waals surface area contributed by atoms with E-state index in [-0.39, 0.29) is 11.5 Å². The van der Waals surface area contributed by atoms with E-state index in [0.717, 1.165) is 30.7 Å². The van der Waals surface area contributed by atoms with Crippen LogP contribution in [0.25, 0.3) is 11.0 Å². The van der Waals surface area contributed by atoms with E-state index in [1.807, 2.05) is 6.92 Å². The number of benzene rings is 2. The molecule has 6 nitrogen and oxygen atoms in total. The van der Waals surface area contributed by atoms with Crippen molar-refractivity contribution in [1.82, 2.24) is 19.8 Å². The molecule has 0 saturated heterocycles. The summed E-state index contributed by atoms with van der Waals surface area (Å²) in [5.41, 5.74) is 4.61. The normalized spacial score (nSPS) is 11.2. The fraction of sp³-hybridized carbons (Fsp3) is 0.375. The second kappa shape index (κ2) is 9.67. The van der Waals surface area contributed by atoms with Crippen LogP contribution in [0.1, 0.15) is 48.0 Å². The molecule has 0 aliphatic rings. The average molecular weight is 407 g/mol. The summed E-state index contributed by atoms with van der Waals surface area (Å²) < 4.78 is 1.68. The molecule has 0 atom stereocenters. The quantitative estimate of drug-likeness (QED) is 0.622. The maximum atomic E-state index is 12.6. The molecule has 0 unspecified atom stereocenters. The third-order valence-electron chi connectivity index (χ3n) is 5.46. The molecule has 1 aromatic heterocycles. The van der Waals surface area contributed by atoms with Crippen molar-refractivity contribution < 1.29 is 4.79 Å². The van der Waals surface area contributed by atoms with E-state index in [2.05, 4.69) is 53.3 Å². The number of amides is 1. The summed E-state index contributed by atoms with van der Waals surface area (Å²) >= 11 is 0. The van der Waals surface area contributed by atoms with Crippen LogP contribution in [0.4, 0.5) is 0 Å². The zero-order valence-electron chi connectivity index (χ0n) is 18.2. The SMILES string of the molecule is CCN(CC)Cc1ccc(CNC(=O)c2ccc3c(c2)nc(C)c(=O)n3CC)cc1. The van der Waals surface area contributed by atoms with Gasteiger partial charge in [0.15, 0.2) is 0 Å². The Bertz CT molecular complexity index is 1080. The monoisotopic (exact) mass is 406 g/mol. The van der Waals surface area contributed by atoms with E-state index in [1.54, 1.807) is 29.7 Å². The molecule has 6 heteroatoms. The van der Waals surface area contributed by atoms with Gasteiger partial charge in [-0.2, -0.15) is 0 Å². The number of aryl methyl sites for hydroxylation is 2. The van der Waals surface area contributed by atoms with E-state index >= 15 is 0 Å². The van der Waals surface area contributed by atoms with Crippen LogP contribution >= 0.6 is 0 Å². The van der Waals surface area contributed by atoms with Crippen LogP contribution in [0.5, 0.6) is 0 Å². The number of nitrogens with zero attached hydrogens (tertiary/aromatic N) is 3. The molecule has 3 aromatic rings. The molecule has 1 amide bonds. The van der Waals surface area contributed by atoms with Crippen LogP contribution in [0.3, 0.4) is 0 Å². The molecular weight excluding hydrogens is 376 g/mol. The zero-order chi connectivity index (χ0) is 21.7. The molecule has 0 fully saturated rings. The van der Waals surface area contributed by atoms with Gasteiger partial charge in [-0.25, -0.2) is 4.98 Å². The Morgan fingerprint density at radius 2 is 1.70 bits per heavy atom. The summed E-state index contributed by atoms with van der Waals surface area (Å²) in [6.45, 7) is 12.0. The molecule has 30 heavy (non-hydrogen) atoms. The Balaban J connectivity index is 1.69. The fourth-order valence-electron chi connectivity index (χ4n) is 3.58. The summed E-state index contributed by atoms with van der Waals surface area (Å²) in [6, 6.07) is 13.6. The van der Waals surface area contributed by atoms with E-state index in [1.165, 1.54) is 5.56 Å². The third kappa shape index (κ3) is 4.76. The maximum absolute atomic E-state index is 12.6. The molecule has 158 valence electrons. The van der Waals surface area contributed by atoms with Gasteiger partial charge >= 0.3 is 0 Å². The number of aromatic nitrogens is 2. The van der Waals surface area contributed by atoms with Gasteiger partial charge in [-0.15, -0.1) is 0 Å². The van der Waals surface area contributed by atoms with Crippen molar-refractivity contribution >= 4 is 16.9 Å². The van der Waals surface area contributed by atoms with Crippen LogP contribution in [0.15, 0.2) is 47.3 Å². The molecule has 0 bridgehead atoms. The highest BCUT2D eigenvalue weighted by atomic mass is 16.1. The first-order chi connectivity index (χ1) is 14.5. The third-order valence-corrected chi connectivity index (χ3v) is 5.46. The lowest BCUT2D eigenvalue weighted by atomic mass is 10.1. The van der Waals surface area contributed by atoms with Crippen molar-refractivity contribution in [1.29, 1.82) is 0 Å². The standard InChI is InChI=1S/C24H30N4O2/c1-5-27(6-2)16-19-10-8-18(9-11-19)15-25-23(29)20-12-13-22-21(14-20)26-17(4)24(30)28(22)7-3/h8-14H,5-7,15-16H2,1-4H3,(H,25,29). The lowest BCUT2D eigenvalue weighted by molar-refractivity contribution is 0.0951. The predicted molar refractivity (Wildman–Crippen MR) is 121 cm³/mol. The number of nitrogens with one attached hydrogen (secondary N) is 1. The predicted octanol–water partition coefficient (Wildman–Crippen LogP) is 3.50. The highest BCUT2D eigenvalue weighted by Crippen LogP contribution is 2.14. The van der Waals surface area contributed by atoms with Crippen LogP contribution in [0.2, 0.25) is 0 Å². The Morgan fingerprint density at radius 1 is 1.03 bits per heavy atom. The smallest absolute Gasteiger partial charge is 0.272 e. The van der Waals surface area contributed by atoms with Crippen molar-refractivity contribution in [3.05, 3.63) is 75.2 Å². The average Bonchev–Trinajstić information content (AvgIpc) is 2.77. The first-order valence-corrected chi connectivity index (χ1v) is 10.6. The molecule has 0 radical (unpaired) electrons. The summed E-state index contributed by atoms with van der Waals surface area (Å²) in [5.74, 6) is -0.155. The lowest BCUT2D eigenvalue weighted by Crippen LogP contribution is -2.25. The molecule has 1 heterocycles. The van der Waals surface area contributed by atoms with Gasteiger partial charge in [0, 0.05) is 25.2 Å². The molecular formula is C24H30N4O2. The van der Waals surface area contributed by atoms with E-state index in [9.17, 15) is 9.59 Å². The van der Waals surface area contributed by atoms with Crippen molar-refractivity contribution in [2.24, 2.45) is 0 Å². The summed E-state index contributed by atoms with van der Waals surface area (Å²) in [6.07, 6.45) is 0. The van der Waals surface area contributed by atoms with Crippen LogP contribution < -0.4 is 10.9 Å². The van der Waals surface area contributed by atoms with E-state index in [4.69, 9.17) is 0 Å². The van der Waals surface area contributed by atoms with E-state index in [0.29, 0.717) is 29.9 Å². The second-order valence-electron chi connectivity index (χ2n) is 7.41. The van der Waals surface area contributed by atoms with Crippen molar-refractivity contribution in [2.75, 3.05) is 13.1 Å². The molecule has 0 saturated carbocycles. The molecule has 3 rings (SSSR count). The summed E-state index contributed by atoms with van der Waals surface area (Å²) in [5, 5.41) is 2.97. The Kier molecular flexibility index (Phi) is 7.00. The molecule has 0 aliphatic carbocycles. The van der Waals surface area contributed by atoms with Crippen molar-refractivity contribution in [2.45, 2.75) is 47.3 Å². The van der Waals surface area contributed by atoms with Gasteiger partial charge in [0.05, 0.1) is 11.0 Å². The molecule has 0 spiro atoms. The highest BCUT2D eigenvalue weighted by molar-refractivity contribution is 5.97. The summed E-state index contributed by atoms with van der Waals surface area (Å²) in [4.78, 5) is 31.6. The number of carbonyl (C=O) groups is 1. The number of hydrogen-bond acceptors (Lipinski definition) is 4. The van der Waals surface area contributed by atoms with Gasteiger partial charge < -0.3 is 9.88 Å². The minimum Gasteiger partial charge on any atom is -0.348 e. The van der Waals surface area contributed by atoms with Crippen LogP contribution in [-0.2, 0) is 19.6 Å². The molecule has 2 aromatic carbocycles. The van der Waals surface area contributed by atoms with Gasteiger partial charge in [-0.1, -0.05) is 38.1 Å². The van der Waals surface area contributed by atoms with Crippen molar-refractivity contribution in [3.63, 3.8) is 0 Å². The minimum atomic E-state index is -0.155. The van der Waals surface area contributed by atoms with Crippen LogP contribution in [0, 0.1) is 6.92 Å². The largest absolute Gasteiger partial charge is 0.348 e. The Morgan fingerprint density at radius 3 is 2.33 bits per heavy atom. The Hall–Kier alpha value is -2.99. The Labute approximate surface area is 177 Å². The minimum absolute atomic E-state index is 0.0911. The number of rotatable bonds is 8.